The standard InChI is InChI=1S/C27H31N3O/c1-19-16-20(2)27(21(3)17-19)30-18-29(22(4)23(30)5)25-11-6-7-12-26(25)31-15-13-24-10-8-9-14-28-24/h6-12,14,16-17H,13,15,18H2,1-5H3. The van der Waals surface area contributed by atoms with Gasteiger partial charge in [-0.05, 0) is 70.0 Å². The summed E-state index contributed by atoms with van der Waals surface area (Å²) in [5.74, 6) is 0.907. The predicted molar refractivity (Wildman–Crippen MR) is 129 cm³/mol. The van der Waals surface area contributed by atoms with E-state index in [9.17, 15) is 0 Å². The summed E-state index contributed by atoms with van der Waals surface area (Å²) >= 11 is 0. The summed E-state index contributed by atoms with van der Waals surface area (Å²) < 4.78 is 6.22. The van der Waals surface area contributed by atoms with Crippen LogP contribution in [0.3, 0.4) is 0 Å². The molecule has 0 unspecified atom stereocenters. The van der Waals surface area contributed by atoms with Gasteiger partial charge in [0, 0.05) is 35.4 Å². The van der Waals surface area contributed by atoms with Crippen molar-refractivity contribution in [1.82, 2.24) is 4.98 Å². The second-order valence-electron chi connectivity index (χ2n) is 8.30. The number of hydrogen-bond donors (Lipinski definition) is 0. The maximum atomic E-state index is 6.22. The molecule has 31 heavy (non-hydrogen) atoms. The fraction of sp³-hybridized carbons (Fsp3) is 0.296. The number of allylic oxidation sites excluding steroid dienone is 2. The zero-order chi connectivity index (χ0) is 22.0. The van der Waals surface area contributed by atoms with E-state index in [2.05, 4.69) is 79.7 Å². The first-order valence-electron chi connectivity index (χ1n) is 10.9. The Balaban J connectivity index is 1.57. The summed E-state index contributed by atoms with van der Waals surface area (Å²) in [6.45, 7) is 12.3. The largest absolute Gasteiger partial charge is 0.491 e. The van der Waals surface area contributed by atoms with Crippen LogP contribution in [0.1, 0.15) is 36.2 Å². The van der Waals surface area contributed by atoms with Gasteiger partial charge >= 0.3 is 0 Å². The summed E-state index contributed by atoms with van der Waals surface area (Å²) in [4.78, 5) is 9.17. The molecule has 4 nitrogen and oxygen atoms in total. The van der Waals surface area contributed by atoms with Gasteiger partial charge in [0.05, 0.1) is 19.0 Å². The number of hydrogen-bond acceptors (Lipinski definition) is 4. The number of para-hydroxylation sites is 2. The third-order valence-corrected chi connectivity index (χ3v) is 6.02. The number of aryl methyl sites for hydroxylation is 3. The van der Waals surface area contributed by atoms with Gasteiger partial charge in [-0.2, -0.15) is 0 Å². The highest BCUT2D eigenvalue weighted by molar-refractivity contribution is 5.71. The Labute approximate surface area is 185 Å². The Morgan fingerprint density at radius 2 is 1.52 bits per heavy atom. The van der Waals surface area contributed by atoms with Crippen molar-refractivity contribution in [3.8, 4) is 5.75 Å². The van der Waals surface area contributed by atoms with Crippen LogP contribution in [-0.2, 0) is 6.42 Å². The van der Waals surface area contributed by atoms with E-state index < -0.39 is 0 Å². The minimum absolute atomic E-state index is 0.601. The Hall–Kier alpha value is -3.27. The van der Waals surface area contributed by atoms with Crippen molar-refractivity contribution in [1.29, 1.82) is 0 Å². The monoisotopic (exact) mass is 413 g/mol. The first-order chi connectivity index (χ1) is 15.0. The molecule has 3 aromatic rings. The van der Waals surface area contributed by atoms with E-state index in [0.717, 1.165) is 30.2 Å². The lowest BCUT2D eigenvalue weighted by Crippen LogP contribution is -2.28. The highest BCUT2D eigenvalue weighted by Gasteiger charge is 2.29. The molecule has 0 atom stereocenters. The molecule has 4 rings (SSSR count). The number of rotatable bonds is 6. The summed E-state index contributed by atoms with van der Waals surface area (Å²) in [5, 5.41) is 0. The van der Waals surface area contributed by atoms with Crippen molar-refractivity contribution in [3.63, 3.8) is 0 Å². The third-order valence-electron chi connectivity index (χ3n) is 6.02. The van der Waals surface area contributed by atoms with Gasteiger partial charge in [0.2, 0.25) is 0 Å². The normalized spacial score (nSPS) is 13.8. The lowest BCUT2D eigenvalue weighted by atomic mass is 10.0. The Bertz CT molecular complexity index is 1080. The maximum absolute atomic E-state index is 6.22. The Morgan fingerprint density at radius 3 is 2.23 bits per heavy atom. The second-order valence-corrected chi connectivity index (χ2v) is 8.30. The van der Waals surface area contributed by atoms with Gasteiger partial charge in [0.15, 0.2) is 0 Å². The number of nitrogens with zero attached hydrogens (tertiary/aromatic N) is 3. The SMILES string of the molecule is CC1=C(C)N(c2c(C)cc(C)cc2C)CN1c1ccccc1OCCc1ccccn1. The third kappa shape index (κ3) is 4.29. The van der Waals surface area contributed by atoms with Crippen molar-refractivity contribution in [2.45, 2.75) is 41.0 Å². The Morgan fingerprint density at radius 1 is 0.839 bits per heavy atom. The first kappa shape index (κ1) is 21.0. The average Bonchev–Trinajstić information content (AvgIpc) is 3.03. The molecule has 0 N–H and O–H groups in total. The van der Waals surface area contributed by atoms with Crippen LogP contribution in [0.2, 0.25) is 0 Å². The van der Waals surface area contributed by atoms with Gasteiger partial charge in [0.25, 0.3) is 0 Å². The van der Waals surface area contributed by atoms with Crippen LogP contribution >= 0.6 is 0 Å². The van der Waals surface area contributed by atoms with Crippen LogP contribution in [-0.4, -0.2) is 18.3 Å². The molecule has 2 heterocycles. The Kier molecular flexibility index (Phi) is 5.99. The van der Waals surface area contributed by atoms with Gasteiger partial charge in [-0.25, -0.2) is 0 Å². The molecule has 2 aromatic carbocycles. The molecule has 160 valence electrons. The van der Waals surface area contributed by atoms with E-state index in [0.29, 0.717) is 6.61 Å². The average molecular weight is 414 g/mol. The van der Waals surface area contributed by atoms with Crippen LogP contribution in [0, 0.1) is 20.8 Å². The zero-order valence-electron chi connectivity index (χ0n) is 19.1. The summed E-state index contributed by atoms with van der Waals surface area (Å²) in [6.07, 6.45) is 2.62. The van der Waals surface area contributed by atoms with Gasteiger partial charge in [-0.3, -0.25) is 4.98 Å². The van der Waals surface area contributed by atoms with Crippen molar-refractivity contribution >= 4 is 11.4 Å². The van der Waals surface area contributed by atoms with E-state index in [1.807, 2.05) is 30.5 Å². The number of anilines is 2. The van der Waals surface area contributed by atoms with E-state index in [1.54, 1.807) is 0 Å². The van der Waals surface area contributed by atoms with Gasteiger partial charge in [-0.15, -0.1) is 0 Å². The first-order valence-corrected chi connectivity index (χ1v) is 10.9. The van der Waals surface area contributed by atoms with Gasteiger partial charge in [-0.1, -0.05) is 35.9 Å². The predicted octanol–water partition coefficient (Wildman–Crippen LogP) is 6.16. The van der Waals surface area contributed by atoms with Crippen LogP contribution in [0.25, 0.3) is 0 Å². The molecule has 1 aliphatic rings. The lowest BCUT2D eigenvalue weighted by molar-refractivity contribution is 0.321. The van der Waals surface area contributed by atoms with E-state index in [1.165, 1.54) is 33.8 Å². The van der Waals surface area contributed by atoms with E-state index in [4.69, 9.17) is 4.74 Å². The van der Waals surface area contributed by atoms with Crippen LogP contribution in [0.15, 0.2) is 72.2 Å². The molecule has 0 bridgehead atoms. The number of pyridine rings is 1. The number of ether oxygens (including phenoxy) is 1. The summed E-state index contributed by atoms with van der Waals surface area (Å²) in [7, 11) is 0. The molecule has 0 saturated heterocycles. The highest BCUT2D eigenvalue weighted by Crippen LogP contribution is 2.39. The smallest absolute Gasteiger partial charge is 0.143 e. The van der Waals surface area contributed by atoms with E-state index in [-0.39, 0.29) is 0 Å². The molecule has 4 heteroatoms. The van der Waals surface area contributed by atoms with E-state index >= 15 is 0 Å². The molecule has 1 aromatic heterocycles. The fourth-order valence-corrected chi connectivity index (χ4v) is 4.45. The topological polar surface area (TPSA) is 28.6 Å². The summed E-state index contributed by atoms with van der Waals surface area (Å²) in [5.41, 5.74) is 9.91. The quantitative estimate of drug-likeness (QED) is 0.484. The molecule has 0 fully saturated rings. The zero-order valence-corrected chi connectivity index (χ0v) is 19.1. The van der Waals surface area contributed by atoms with Crippen molar-refractivity contribution in [2.24, 2.45) is 0 Å². The summed E-state index contributed by atoms with van der Waals surface area (Å²) in [6, 6.07) is 18.8. The minimum Gasteiger partial charge on any atom is -0.491 e. The fourth-order valence-electron chi connectivity index (χ4n) is 4.45. The highest BCUT2D eigenvalue weighted by atomic mass is 16.5. The molecule has 0 amide bonds. The maximum Gasteiger partial charge on any atom is 0.143 e. The lowest BCUT2D eigenvalue weighted by Gasteiger charge is -2.27. The molecule has 0 aliphatic carbocycles. The molecule has 0 radical (unpaired) electrons. The molecular formula is C27H31N3O. The molecule has 1 aliphatic heterocycles. The van der Waals surface area contributed by atoms with Gasteiger partial charge < -0.3 is 14.5 Å². The molecule has 0 saturated carbocycles. The second kappa shape index (κ2) is 8.84. The van der Waals surface area contributed by atoms with Crippen molar-refractivity contribution in [2.75, 3.05) is 23.1 Å². The van der Waals surface area contributed by atoms with Gasteiger partial charge in [0.1, 0.15) is 5.75 Å². The number of aromatic nitrogens is 1. The van der Waals surface area contributed by atoms with Crippen molar-refractivity contribution in [3.05, 3.63) is 94.6 Å². The molecular weight excluding hydrogens is 382 g/mol. The minimum atomic E-state index is 0.601. The van der Waals surface area contributed by atoms with Crippen LogP contribution in [0.4, 0.5) is 11.4 Å². The molecule has 0 spiro atoms. The number of benzene rings is 2. The van der Waals surface area contributed by atoms with Crippen molar-refractivity contribution < 1.29 is 4.74 Å². The van der Waals surface area contributed by atoms with Crippen LogP contribution in [0.5, 0.6) is 5.75 Å². The van der Waals surface area contributed by atoms with Crippen LogP contribution < -0.4 is 14.5 Å².